The Bertz CT molecular complexity index is 620. The van der Waals surface area contributed by atoms with Crippen molar-refractivity contribution >= 4 is 5.69 Å². The van der Waals surface area contributed by atoms with Crippen molar-refractivity contribution < 1.29 is 9.47 Å². The van der Waals surface area contributed by atoms with Gasteiger partial charge in [0.2, 0.25) is 0 Å². The minimum atomic E-state index is 0.321. The quantitative estimate of drug-likeness (QED) is 0.860. The van der Waals surface area contributed by atoms with Crippen molar-refractivity contribution in [3.05, 3.63) is 54.1 Å². The van der Waals surface area contributed by atoms with Crippen LogP contribution < -0.4 is 15.2 Å². The second-order valence-corrected chi connectivity index (χ2v) is 6.08. The summed E-state index contributed by atoms with van der Waals surface area (Å²) in [7, 11) is 2.15. The average Bonchev–Trinajstić information content (AvgIpc) is 2.58. The molecule has 0 radical (unpaired) electrons. The van der Waals surface area contributed by atoms with Crippen LogP contribution in [0.3, 0.4) is 0 Å². The first-order valence-electron chi connectivity index (χ1n) is 8.12. The summed E-state index contributed by atoms with van der Waals surface area (Å²) >= 11 is 0. The molecule has 2 N–H and O–H groups in total. The second-order valence-electron chi connectivity index (χ2n) is 6.08. The first-order chi connectivity index (χ1) is 11.2. The van der Waals surface area contributed by atoms with Gasteiger partial charge in [0.05, 0.1) is 0 Å². The van der Waals surface area contributed by atoms with Gasteiger partial charge in [-0.15, -0.1) is 0 Å². The molecule has 0 bridgehead atoms. The average molecular weight is 312 g/mol. The van der Waals surface area contributed by atoms with E-state index in [0.29, 0.717) is 12.7 Å². The van der Waals surface area contributed by atoms with Crippen LogP contribution in [0, 0.1) is 0 Å². The van der Waals surface area contributed by atoms with E-state index < -0.39 is 0 Å². The third-order valence-electron chi connectivity index (χ3n) is 4.24. The Morgan fingerprint density at radius 3 is 2.35 bits per heavy atom. The highest BCUT2D eigenvalue weighted by Crippen LogP contribution is 2.23. The van der Waals surface area contributed by atoms with Crippen LogP contribution >= 0.6 is 0 Å². The number of para-hydroxylation sites is 1. The van der Waals surface area contributed by atoms with E-state index in [1.165, 1.54) is 0 Å². The molecule has 0 amide bonds. The Balaban J connectivity index is 1.52. The van der Waals surface area contributed by atoms with Gasteiger partial charge >= 0.3 is 0 Å². The van der Waals surface area contributed by atoms with Gasteiger partial charge in [-0.2, -0.15) is 0 Å². The van der Waals surface area contributed by atoms with Crippen molar-refractivity contribution in [2.75, 3.05) is 25.9 Å². The van der Waals surface area contributed by atoms with Crippen LogP contribution in [0.15, 0.2) is 48.5 Å². The number of ether oxygens (including phenoxy) is 2. The zero-order valence-electron chi connectivity index (χ0n) is 13.6. The van der Waals surface area contributed by atoms with Crippen molar-refractivity contribution in [2.24, 2.45) is 0 Å². The van der Waals surface area contributed by atoms with E-state index in [2.05, 4.69) is 11.9 Å². The predicted octanol–water partition coefficient (Wildman–Crippen LogP) is 3.32. The third-order valence-corrected chi connectivity index (χ3v) is 4.24. The maximum atomic E-state index is 6.04. The van der Waals surface area contributed by atoms with Gasteiger partial charge in [-0.05, 0) is 50.2 Å². The molecule has 1 aliphatic rings. The molecule has 1 saturated heterocycles. The maximum absolute atomic E-state index is 6.04. The Hall–Kier alpha value is -2.20. The molecule has 0 saturated carbocycles. The molecule has 4 nitrogen and oxygen atoms in total. The lowest BCUT2D eigenvalue weighted by molar-refractivity contribution is 0.114. The topological polar surface area (TPSA) is 47.7 Å². The Morgan fingerprint density at radius 1 is 1.00 bits per heavy atom. The largest absolute Gasteiger partial charge is 0.490 e. The number of nitrogen functional groups attached to an aromatic ring is 1. The zero-order chi connectivity index (χ0) is 16.1. The van der Waals surface area contributed by atoms with Crippen LogP contribution in [0.25, 0.3) is 0 Å². The standard InChI is InChI=1S/C19H24N2O2/c1-21-12-10-18(11-13-21)23-17-8-6-16(7-9-17)22-14-15-4-2-3-5-19(15)20/h2-9,18H,10-14,20H2,1H3. The Kier molecular flexibility index (Phi) is 5.03. The summed E-state index contributed by atoms with van der Waals surface area (Å²) in [5.74, 6) is 1.73. The molecule has 0 unspecified atom stereocenters. The predicted molar refractivity (Wildman–Crippen MR) is 92.8 cm³/mol. The minimum Gasteiger partial charge on any atom is -0.490 e. The van der Waals surface area contributed by atoms with Gasteiger partial charge in [0, 0.05) is 24.3 Å². The van der Waals surface area contributed by atoms with Gasteiger partial charge in [0.1, 0.15) is 24.2 Å². The van der Waals surface area contributed by atoms with Crippen molar-refractivity contribution in [1.82, 2.24) is 4.90 Å². The summed E-state index contributed by atoms with van der Waals surface area (Å²) in [4.78, 5) is 2.34. The molecule has 0 spiro atoms. The van der Waals surface area contributed by atoms with E-state index in [1.807, 2.05) is 48.5 Å². The summed E-state index contributed by atoms with van der Waals surface area (Å²) in [5.41, 5.74) is 7.68. The molecule has 122 valence electrons. The molecule has 2 aromatic carbocycles. The maximum Gasteiger partial charge on any atom is 0.120 e. The second kappa shape index (κ2) is 7.38. The fourth-order valence-corrected chi connectivity index (χ4v) is 2.74. The lowest BCUT2D eigenvalue weighted by atomic mass is 10.1. The van der Waals surface area contributed by atoms with Gasteiger partial charge in [0.15, 0.2) is 0 Å². The highest BCUT2D eigenvalue weighted by atomic mass is 16.5. The van der Waals surface area contributed by atoms with Crippen molar-refractivity contribution in [3.63, 3.8) is 0 Å². The first-order valence-corrected chi connectivity index (χ1v) is 8.12. The van der Waals surface area contributed by atoms with E-state index in [9.17, 15) is 0 Å². The van der Waals surface area contributed by atoms with Gasteiger partial charge in [-0.1, -0.05) is 18.2 Å². The monoisotopic (exact) mass is 312 g/mol. The molecule has 2 aromatic rings. The van der Waals surface area contributed by atoms with Crippen molar-refractivity contribution in [1.29, 1.82) is 0 Å². The fourth-order valence-electron chi connectivity index (χ4n) is 2.74. The van der Waals surface area contributed by atoms with Gasteiger partial charge < -0.3 is 20.1 Å². The minimum absolute atomic E-state index is 0.321. The van der Waals surface area contributed by atoms with Crippen LogP contribution in [-0.4, -0.2) is 31.1 Å². The summed E-state index contributed by atoms with van der Waals surface area (Å²) in [6.07, 6.45) is 2.49. The number of rotatable bonds is 5. The smallest absolute Gasteiger partial charge is 0.120 e. The van der Waals surface area contributed by atoms with Crippen LogP contribution in [0.1, 0.15) is 18.4 Å². The van der Waals surface area contributed by atoms with Crippen LogP contribution in [0.5, 0.6) is 11.5 Å². The number of nitrogens with two attached hydrogens (primary N) is 1. The molecule has 1 heterocycles. The summed E-state index contributed by atoms with van der Waals surface area (Å²) in [5, 5.41) is 0. The number of nitrogens with zero attached hydrogens (tertiary/aromatic N) is 1. The molecular weight excluding hydrogens is 288 g/mol. The molecule has 23 heavy (non-hydrogen) atoms. The lowest BCUT2D eigenvalue weighted by Gasteiger charge is -2.29. The molecule has 1 fully saturated rings. The normalized spacial score (nSPS) is 16.2. The highest BCUT2D eigenvalue weighted by molar-refractivity contribution is 5.46. The number of likely N-dealkylation sites (tertiary alicyclic amines) is 1. The summed E-state index contributed by atoms with van der Waals surface area (Å²) in [6.45, 7) is 2.68. The van der Waals surface area contributed by atoms with Gasteiger partial charge in [0.25, 0.3) is 0 Å². The Labute approximate surface area is 137 Å². The van der Waals surface area contributed by atoms with E-state index in [0.717, 1.165) is 48.7 Å². The van der Waals surface area contributed by atoms with Gasteiger partial charge in [-0.3, -0.25) is 0 Å². The molecular formula is C19H24N2O2. The fraction of sp³-hybridized carbons (Fsp3) is 0.368. The van der Waals surface area contributed by atoms with Crippen LogP contribution in [0.2, 0.25) is 0 Å². The highest BCUT2D eigenvalue weighted by Gasteiger charge is 2.17. The van der Waals surface area contributed by atoms with Crippen molar-refractivity contribution in [2.45, 2.75) is 25.6 Å². The molecule has 0 aromatic heterocycles. The summed E-state index contributed by atoms with van der Waals surface area (Å²) < 4.78 is 11.8. The number of hydrogen-bond donors (Lipinski definition) is 1. The van der Waals surface area contributed by atoms with E-state index in [4.69, 9.17) is 15.2 Å². The number of piperidine rings is 1. The van der Waals surface area contributed by atoms with E-state index in [1.54, 1.807) is 0 Å². The van der Waals surface area contributed by atoms with E-state index in [-0.39, 0.29) is 0 Å². The SMILES string of the molecule is CN1CCC(Oc2ccc(OCc3ccccc3N)cc2)CC1. The number of hydrogen-bond acceptors (Lipinski definition) is 4. The van der Waals surface area contributed by atoms with Crippen LogP contribution in [-0.2, 0) is 6.61 Å². The number of benzene rings is 2. The first kappa shape index (κ1) is 15.7. The lowest BCUT2D eigenvalue weighted by Crippen LogP contribution is -2.35. The molecule has 4 heteroatoms. The zero-order valence-corrected chi connectivity index (χ0v) is 13.6. The molecule has 1 aliphatic heterocycles. The van der Waals surface area contributed by atoms with Gasteiger partial charge in [-0.25, -0.2) is 0 Å². The third kappa shape index (κ3) is 4.39. The number of anilines is 1. The summed E-state index contributed by atoms with van der Waals surface area (Å²) in [6, 6.07) is 15.6. The van der Waals surface area contributed by atoms with E-state index >= 15 is 0 Å². The molecule has 0 atom stereocenters. The van der Waals surface area contributed by atoms with Crippen LogP contribution in [0.4, 0.5) is 5.69 Å². The Morgan fingerprint density at radius 2 is 1.65 bits per heavy atom. The molecule has 3 rings (SSSR count). The molecule has 0 aliphatic carbocycles. The van der Waals surface area contributed by atoms with Crippen molar-refractivity contribution in [3.8, 4) is 11.5 Å².